The van der Waals surface area contributed by atoms with Crippen molar-refractivity contribution < 1.29 is 54.8 Å². The van der Waals surface area contributed by atoms with E-state index in [1.807, 2.05) is 0 Å². The number of hydrogen-bond acceptors (Lipinski definition) is 11. The lowest BCUT2D eigenvalue weighted by molar-refractivity contribution is -0.277. The topological polar surface area (TPSA) is 186 Å². The Morgan fingerprint density at radius 2 is 1.69 bits per heavy atom. The van der Waals surface area contributed by atoms with Gasteiger partial charge < -0.3 is 50.0 Å². The first-order chi connectivity index (χ1) is 15.2. The number of carbonyl (C=O) groups is 1. The second-order valence-corrected chi connectivity index (χ2v) is 7.61. The molecule has 2 aromatic rings. The van der Waals surface area contributed by atoms with E-state index >= 15 is 0 Å². The van der Waals surface area contributed by atoms with Gasteiger partial charge in [-0.1, -0.05) is 6.07 Å². The van der Waals surface area contributed by atoms with Crippen LogP contribution in [-0.4, -0.2) is 78.8 Å². The molecule has 11 heteroatoms. The quantitative estimate of drug-likeness (QED) is 0.303. The summed E-state index contributed by atoms with van der Waals surface area (Å²) in [6.45, 7) is -0.640. The molecule has 0 aliphatic carbocycles. The molecule has 0 amide bonds. The van der Waals surface area contributed by atoms with E-state index in [2.05, 4.69) is 0 Å². The van der Waals surface area contributed by atoms with Crippen LogP contribution in [0.5, 0.6) is 28.7 Å². The molecule has 7 N–H and O–H groups in total. The maximum atomic E-state index is 12.6. The van der Waals surface area contributed by atoms with Crippen molar-refractivity contribution in [1.82, 2.24) is 0 Å². The molecule has 0 spiro atoms. The monoisotopic (exact) mass is 450 g/mol. The zero-order valence-electron chi connectivity index (χ0n) is 16.5. The van der Waals surface area contributed by atoms with E-state index in [1.165, 1.54) is 24.3 Å². The van der Waals surface area contributed by atoms with Crippen LogP contribution in [-0.2, 0) is 4.74 Å². The van der Waals surface area contributed by atoms with Crippen molar-refractivity contribution in [2.24, 2.45) is 0 Å². The standard InChI is InChI=1S/C21H22O11/c22-7-16-18(27)19(28)20(29)21(32-16)30-9-4-12(25)17-13(26)6-14(31-15(17)5-9)8-1-2-10(23)11(24)3-8/h1-5,14,16,18-25,27-29H,6-7H2/t14-,16+,18-,19-,20+,21+/m1/s1. The summed E-state index contributed by atoms with van der Waals surface area (Å²) in [6, 6.07) is 6.37. The van der Waals surface area contributed by atoms with Crippen LogP contribution < -0.4 is 9.47 Å². The molecule has 0 saturated carbocycles. The Morgan fingerprint density at radius 1 is 0.938 bits per heavy atom. The third kappa shape index (κ3) is 3.92. The first-order valence-electron chi connectivity index (χ1n) is 9.75. The fraction of sp³-hybridized carbons (Fsp3) is 0.381. The molecule has 32 heavy (non-hydrogen) atoms. The number of rotatable bonds is 4. The number of ketones is 1. The molecule has 4 rings (SSSR count). The van der Waals surface area contributed by atoms with Crippen molar-refractivity contribution >= 4 is 5.78 Å². The predicted molar refractivity (Wildman–Crippen MR) is 105 cm³/mol. The Morgan fingerprint density at radius 3 is 2.38 bits per heavy atom. The summed E-state index contributed by atoms with van der Waals surface area (Å²) < 4.78 is 16.6. The molecule has 6 atom stereocenters. The van der Waals surface area contributed by atoms with Crippen molar-refractivity contribution in [3.05, 3.63) is 41.5 Å². The van der Waals surface area contributed by atoms with E-state index in [0.717, 1.165) is 6.07 Å². The number of aliphatic hydroxyl groups excluding tert-OH is 4. The summed E-state index contributed by atoms with van der Waals surface area (Å²) in [5, 5.41) is 68.8. The second-order valence-electron chi connectivity index (χ2n) is 7.61. The first kappa shape index (κ1) is 22.1. The summed E-state index contributed by atoms with van der Waals surface area (Å²) in [7, 11) is 0. The molecular formula is C21H22O11. The molecule has 0 radical (unpaired) electrons. The van der Waals surface area contributed by atoms with Crippen molar-refractivity contribution in [2.75, 3.05) is 6.61 Å². The second kappa shape index (κ2) is 8.45. The Balaban J connectivity index is 1.60. The molecule has 0 bridgehead atoms. The van der Waals surface area contributed by atoms with E-state index < -0.39 is 54.9 Å². The molecule has 0 aromatic heterocycles. The van der Waals surface area contributed by atoms with Crippen LogP contribution in [0.15, 0.2) is 30.3 Å². The minimum absolute atomic E-state index is 0.0293. The molecule has 1 fully saturated rings. The van der Waals surface area contributed by atoms with E-state index in [9.17, 15) is 40.5 Å². The van der Waals surface area contributed by atoms with Gasteiger partial charge in [0, 0.05) is 12.1 Å². The fourth-order valence-electron chi connectivity index (χ4n) is 3.71. The Kier molecular flexibility index (Phi) is 5.84. The van der Waals surface area contributed by atoms with Crippen molar-refractivity contribution in [3.8, 4) is 28.7 Å². The number of benzene rings is 2. The number of aromatic hydroxyl groups is 3. The number of Topliss-reactive ketones (excluding diaryl/α,β-unsaturated/α-hetero) is 1. The minimum Gasteiger partial charge on any atom is -0.507 e. The van der Waals surface area contributed by atoms with Gasteiger partial charge in [-0.2, -0.15) is 0 Å². The maximum Gasteiger partial charge on any atom is 0.229 e. The largest absolute Gasteiger partial charge is 0.507 e. The molecular weight excluding hydrogens is 428 g/mol. The third-order valence-electron chi connectivity index (χ3n) is 5.45. The van der Waals surface area contributed by atoms with Gasteiger partial charge in [0.1, 0.15) is 53.3 Å². The lowest BCUT2D eigenvalue weighted by Crippen LogP contribution is -2.60. The highest BCUT2D eigenvalue weighted by atomic mass is 16.7. The average molecular weight is 450 g/mol. The van der Waals surface area contributed by atoms with Gasteiger partial charge in [0.15, 0.2) is 17.3 Å². The molecule has 2 aliphatic rings. The lowest BCUT2D eigenvalue weighted by atomic mass is 9.95. The predicted octanol–water partition coefficient (Wildman–Crippen LogP) is -0.311. The number of carbonyl (C=O) groups excluding carboxylic acids is 1. The number of ether oxygens (including phenoxy) is 3. The summed E-state index contributed by atoms with van der Waals surface area (Å²) in [4.78, 5) is 12.6. The highest BCUT2D eigenvalue weighted by molar-refractivity contribution is 6.02. The first-order valence-corrected chi connectivity index (χ1v) is 9.75. The van der Waals surface area contributed by atoms with Gasteiger partial charge in [0.2, 0.25) is 6.29 Å². The summed E-state index contributed by atoms with van der Waals surface area (Å²) in [5.74, 6) is -1.69. The van der Waals surface area contributed by atoms with Crippen LogP contribution in [0.1, 0.15) is 28.4 Å². The van der Waals surface area contributed by atoms with Gasteiger partial charge in [-0.05, 0) is 17.7 Å². The molecule has 172 valence electrons. The molecule has 2 heterocycles. The van der Waals surface area contributed by atoms with Crippen LogP contribution in [0.4, 0.5) is 0 Å². The smallest absolute Gasteiger partial charge is 0.229 e. The van der Waals surface area contributed by atoms with Gasteiger partial charge >= 0.3 is 0 Å². The Bertz CT molecular complexity index is 1020. The summed E-state index contributed by atoms with van der Waals surface area (Å²) in [6.07, 6.45) is -8.50. The zero-order chi connectivity index (χ0) is 23.2. The highest BCUT2D eigenvalue weighted by Gasteiger charge is 2.45. The van der Waals surface area contributed by atoms with Crippen LogP contribution in [0.2, 0.25) is 0 Å². The maximum absolute atomic E-state index is 12.6. The van der Waals surface area contributed by atoms with E-state index in [-0.39, 0.29) is 35.0 Å². The molecule has 11 nitrogen and oxygen atoms in total. The number of aliphatic hydroxyl groups is 4. The number of phenols is 3. The highest BCUT2D eigenvalue weighted by Crippen LogP contribution is 2.43. The third-order valence-corrected chi connectivity index (χ3v) is 5.45. The molecule has 1 saturated heterocycles. The summed E-state index contributed by atoms with van der Waals surface area (Å²) in [5.41, 5.74) is 0.337. The minimum atomic E-state index is -1.67. The van der Waals surface area contributed by atoms with Gasteiger partial charge in [0.05, 0.1) is 13.0 Å². The van der Waals surface area contributed by atoms with Crippen molar-refractivity contribution in [2.45, 2.75) is 43.2 Å². The average Bonchev–Trinajstić information content (AvgIpc) is 2.75. The SMILES string of the molecule is O=C1C[C@H](c2ccc(O)c(O)c2)Oc2cc(O[C@H]3O[C@@H](CO)[C@@H](O)[C@@H](O)[C@@H]3O)cc(O)c21. The molecule has 2 aliphatic heterocycles. The number of phenolic OH excluding ortho intramolecular Hbond substituents is 3. The normalized spacial score (nSPS) is 29.8. The van der Waals surface area contributed by atoms with Gasteiger partial charge in [-0.15, -0.1) is 0 Å². The van der Waals surface area contributed by atoms with Crippen LogP contribution >= 0.6 is 0 Å². The van der Waals surface area contributed by atoms with Crippen molar-refractivity contribution in [1.29, 1.82) is 0 Å². The fourth-order valence-corrected chi connectivity index (χ4v) is 3.71. The number of fused-ring (bicyclic) bond motifs is 1. The van der Waals surface area contributed by atoms with Gasteiger partial charge in [-0.25, -0.2) is 0 Å². The van der Waals surface area contributed by atoms with E-state index in [4.69, 9.17) is 14.2 Å². The van der Waals surface area contributed by atoms with E-state index in [1.54, 1.807) is 0 Å². The van der Waals surface area contributed by atoms with Gasteiger partial charge in [0.25, 0.3) is 0 Å². The number of hydrogen-bond donors (Lipinski definition) is 7. The Labute approximate surface area is 181 Å². The lowest BCUT2D eigenvalue weighted by Gasteiger charge is -2.39. The Hall–Kier alpha value is -3.09. The zero-order valence-corrected chi connectivity index (χ0v) is 16.5. The summed E-state index contributed by atoms with van der Waals surface area (Å²) >= 11 is 0. The van der Waals surface area contributed by atoms with Crippen LogP contribution in [0.25, 0.3) is 0 Å². The van der Waals surface area contributed by atoms with Gasteiger partial charge in [-0.3, -0.25) is 4.79 Å². The van der Waals surface area contributed by atoms with E-state index in [0.29, 0.717) is 5.56 Å². The van der Waals surface area contributed by atoms with Crippen LogP contribution in [0, 0.1) is 0 Å². The van der Waals surface area contributed by atoms with Crippen molar-refractivity contribution in [3.63, 3.8) is 0 Å². The van der Waals surface area contributed by atoms with Crippen LogP contribution in [0.3, 0.4) is 0 Å². The molecule has 2 aromatic carbocycles. The molecule has 0 unspecified atom stereocenters.